The summed E-state index contributed by atoms with van der Waals surface area (Å²) in [6.07, 6.45) is 8.99. The van der Waals surface area contributed by atoms with E-state index in [2.05, 4.69) is 20.0 Å². The Morgan fingerprint density at radius 1 is 1.25 bits per heavy atom. The van der Waals surface area contributed by atoms with Crippen LogP contribution in [0, 0.1) is 5.92 Å². The van der Waals surface area contributed by atoms with Crippen LogP contribution in [0.2, 0.25) is 0 Å². The van der Waals surface area contributed by atoms with Crippen molar-refractivity contribution in [3.63, 3.8) is 0 Å². The van der Waals surface area contributed by atoms with Crippen molar-refractivity contribution in [1.82, 2.24) is 19.7 Å². The van der Waals surface area contributed by atoms with Crippen molar-refractivity contribution in [1.29, 1.82) is 0 Å². The second kappa shape index (κ2) is 5.90. The molecule has 2 N–H and O–H groups in total. The minimum Gasteiger partial charge on any atom is -0.384 e. The van der Waals surface area contributed by atoms with E-state index in [1.54, 1.807) is 0 Å². The molecule has 2 aromatic heterocycles. The lowest BCUT2D eigenvalue weighted by molar-refractivity contribution is 0.353. The zero-order chi connectivity index (χ0) is 13.8. The SMILES string of the molecule is Nc1cc(N2CCC(CCn3cccn3)CC2)ncn1. The molecule has 0 amide bonds. The molecule has 20 heavy (non-hydrogen) atoms. The first kappa shape index (κ1) is 12.9. The molecular formula is C14H20N6. The minimum absolute atomic E-state index is 0.538. The molecule has 3 rings (SSSR count). The first-order valence-electron chi connectivity index (χ1n) is 7.11. The van der Waals surface area contributed by atoms with Crippen molar-refractivity contribution in [2.24, 2.45) is 5.92 Å². The van der Waals surface area contributed by atoms with Gasteiger partial charge in [0.2, 0.25) is 0 Å². The summed E-state index contributed by atoms with van der Waals surface area (Å²) in [6.45, 7) is 3.10. The van der Waals surface area contributed by atoms with Gasteiger partial charge in [0.15, 0.2) is 0 Å². The Morgan fingerprint density at radius 2 is 2.10 bits per heavy atom. The average molecular weight is 272 g/mol. The molecule has 0 saturated carbocycles. The molecule has 0 bridgehead atoms. The van der Waals surface area contributed by atoms with Crippen LogP contribution >= 0.6 is 0 Å². The van der Waals surface area contributed by atoms with Gasteiger partial charge in [0.05, 0.1) is 0 Å². The van der Waals surface area contributed by atoms with Crippen molar-refractivity contribution >= 4 is 11.6 Å². The van der Waals surface area contributed by atoms with Crippen molar-refractivity contribution in [3.05, 3.63) is 30.9 Å². The van der Waals surface area contributed by atoms with Gasteiger partial charge >= 0.3 is 0 Å². The van der Waals surface area contributed by atoms with Crippen molar-refractivity contribution in [2.45, 2.75) is 25.8 Å². The minimum atomic E-state index is 0.538. The van der Waals surface area contributed by atoms with Gasteiger partial charge in [0.1, 0.15) is 18.0 Å². The second-order valence-corrected chi connectivity index (χ2v) is 5.29. The summed E-state index contributed by atoms with van der Waals surface area (Å²) >= 11 is 0. The molecule has 6 heteroatoms. The molecule has 0 spiro atoms. The van der Waals surface area contributed by atoms with Crippen molar-refractivity contribution in [3.8, 4) is 0 Å². The molecule has 3 heterocycles. The fourth-order valence-electron chi connectivity index (χ4n) is 2.73. The maximum atomic E-state index is 5.71. The van der Waals surface area contributed by atoms with Gasteiger partial charge in [-0.1, -0.05) is 0 Å². The zero-order valence-corrected chi connectivity index (χ0v) is 11.5. The number of nitrogens with two attached hydrogens (primary N) is 1. The summed E-state index contributed by atoms with van der Waals surface area (Å²) < 4.78 is 2.01. The normalized spacial score (nSPS) is 16.5. The smallest absolute Gasteiger partial charge is 0.134 e. The number of aryl methyl sites for hydroxylation is 1. The maximum Gasteiger partial charge on any atom is 0.134 e. The van der Waals surface area contributed by atoms with Crippen molar-refractivity contribution < 1.29 is 0 Å². The number of hydrogen-bond donors (Lipinski definition) is 1. The lowest BCUT2D eigenvalue weighted by Crippen LogP contribution is -2.34. The lowest BCUT2D eigenvalue weighted by Gasteiger charge is -2.32. The van der Waals surface area contributed by atoms with Gasteiger partial charge in [-0.25, -0.2) is 9.97 Å². The van der Waals surface area contributed by atoms with Crippen LogP contribution < -0.4 is 10.6 Å². The highest BCUT2D eigenvalue weighted by atomic mass is 15.3. The molecule has 0 aromatic carbocycles. The molecule has 6 nitrogen and oxygen atoms in total. The van der Waals surface area contributed by atoms with E-state index in [4.69, 9.17) is 5.73 Å². The van der Waals surface area contributed by atoms with Crippen LogP contribution in [0.15, 0.2) is 30.9 Å². The van der Waals surface area contributed by atoms with Crippen LogP contribution in [0.5, 0.6) is 0 Å². The quantitative estimate of drug-likeness (QED) is 0.914. The fraction of sp³-hybridized carbons (Fsp3) is 0.500. The summed E-state index contributed by atoms with van der Waals surface area (Å²) in [7, 11) is 0. The molecule has 1 aliphatic rings. The van der Waals surface area contributed by atoms with E-state index in [0.717, 1.165) is 31.4 Å². The third kappa shape index (κ3) is 3.07. The van der Waals surface area contributed by atoms with E-state index in [1.807, 2.05) is 29.2 Å². The van der Waals surface area contributed by atoms with Gasteiger partial charge in [-0.15, -0.1) is 0 Å². The summed E-state index contributed by atoms with van der Waals surface area (Å²) in [5, 5.41) is 4.25. The highest BCUT2D eigenvalue weighted by Gasteiger charge is 2.20. The van der Waals surface area contributed by atoms with E-state index < -0.39 is 0 Å². The van der Waals surface area contributed by atoms with E-state index in [0.29, 0.717) is 5.82 Å². The van der Waals surface area contributed by atoms with E-state index >= 15 is 0 Å². The van der Waals surface area contributed by atoms with Crippen molar-refractivity contribution in [2.75, 3.05) is 23.7 Å². The average Bonchev–Trinajstić information content (AvgIpc) is 2.99. The first-order chi connectivity index (χ1) is 9.81. The number of hydrogen-bond acceptors (Lipinski definition) is 5. The Balaban J connectivity index is 1.49. The van der Waals surface area contributed by atoms with Gasteiger partial charge in [-0.3, -0.25) is 4.68 Å². The number of rotatable bonds is 4. The number of nitrogen functional groups attached to an aromatic ring is 1. The van der Waals surface area contributed by atoms with Gasteiger partial charge in [-0.05, 0) is 31.2 Å². The van der Waals surface area contributed by atoms with Crippen LogP contribution in [-0.4, -0.2) is 32.8 Å². The zero-order valence-electron chi connectivity index (χ0n) is 11.5. The Bertz CT molecular complexity index is 530. The monoisotopic (exact) mass is 272 g/mol. The molecule has 1 fully saturated rings. The van der Waals surface area contributed by atoms with Gasteiger partial charge in [-0.2, -0.15) is 5.10 Å². The van der Waals surface area contributed by atoms with Gasteiger partial charge in [0.25, 0.3) is 0 Å². The molecule has 0 atom stereocenters. The Labute approximate surface area is 118 Å². The highest BCUT2D eigenvalue weighted by molar-refractivity contribution is 5.46. The van der Waals surface area contributed by atoms with Crippen LogP contribution in [0.1, 0.15) is 19.3 Å². The largest absolute Gasteiger partial charge is 0.384 e. The predicted octanol–water partition coefficient (Wildman–Crippen LogP) is 1.56. The Hall–Kier alpha value is -2.11. The molecule has 1 saturated heterocycles. The molecule has 0 aliphatic carbocycles. The summed E-state index contributed by atoms with van der Waals surface area (Å²) in [5.41, 5.74) is 5.71. The van der Waals surface area contributed by atoms with Crippen LogP contribution in [0.25, 0.3) is 0 Å². The predicted molar refractivity (Wildman–Crippen MR) is 78.2 cm³/mol. The molecule has 0 radical (unpaired) electrons. The molecule has 0 unspecified atom stereocenters. The fourth-order valence-corrected chi connectivity index (χ4v) is 2.73. The third-order valence-electron chi connectivity index (χ3n) is 3.94. The number of aromatic nitrogens is 4. The highest BCUT2D eigenvalue weighted by Crippen LogP contribution is 2.24. The van der Waals surface area contributed by atoms with E-state index in [-0.39, 0.29) is 0 Å². The summed E-state index contributed by atoms with van der Waals surface area (Å²) in [5.74, 6) is 2.26. The first-order valence-corrected chi connectivity index (χ1v) is 7.11. The number of anilines is 2. The third-order valence-corrected chi connectivity index (χ3v) is 3.94. The Kier molecular flexibility index (Phi) is 3.80. The molecular weight excluding hydrogens is 252 g/mol. The number of piperidine rings is 1. The van der Waals surface area contributed by atoms with Gasteiger partial charge < -0.3 is 10.6 Å². The molecule has 1 aliphatic heterocycles. The van der Waals surface area contributed by atoms with E-state index in [1.165, 1.54) is 25.6 Å². The van der Waals surface area contributed by atoms with E-state index in [9.17, 15) is 0 Å². The molecule has 2 aromatic rings. The standard InChI is InChI=1S/C14H20N6/c15-13-10-14(17-11-16-13)19-7-2-12(3-8-19)4-9-20-6-1-5-18-20/h1,5-6,10-12H,2-4,7-9H2,(H2,15,16,17). The summed E-state index contributed by atoms with van der Waals surface area (Å²) in [6, 6.07) is 3.83. The van der Waals surface area contributed by atoms with Gasteiger partial charge in [0, 0.05) is 38.1 Å². The van der Waals surface area contributed by atoms with Crippen LogP contribution in [0.3, 0.4) is 0 Å². The molecule has 106 valence electrons. The Morgan fingerprint density at radius 3 is 2.80 bits per heavy atom. The summed E-state index contributed by atoms with van der Waals surface area (Å²) in [4.78, 5) is 10.5. The number of nitrogens with zero attached hydrogens (tertiary/aromatic N) is 5. The second-order valence-electron chi connectivity index (χ2n) is 5.29. The van der Waals surface area contributed by atoms with Crippen LogP contribution in [0.4, 0.5) is 11.6 Å². The maximum absolute atomic E-state index is 5.71. The lowest BCUT2D eigenvalue weighted by atomic mass is 9.93. The van der Waals surface area contributed by atoms with Crippen LogP contribution in [-0.2, 0) is 6.54 Å². The topological polar surface area (TPSA) is 72.9 Å².